The molecular weight excluding hydrogens is 445 g/mol. The van der Waals surface area contributed by atoms with Gasteiger partial charge in [-0.1, -0.05) is 29.8 Å². The number of carbonyl (C=O) groups is 2. The highest BCUT2D eigenvalue weighted by atomic mass is 32.2. The summed E-state index contributed by atoms with van der Waals surface area (Å²) in [5, 5.41) is 4.81. The van der Waals surface area contributed by atoms with E-state index in [9.17, 15) is 22.4 Å². The number of carbonyl (C=O) groups excluding carboxylic acids is 2. The van der Waals surface area contributed by atoms with E-state index in [2.05, 4.69) is 10.6 Å². The van der Waals surface area contributed by atoms with Crippen LogP contribution in [0, 0.1) is 12.7 Å². The molecule has 0 fully saturated rings. The standard InChI is InChI=1S/C24H22FN3O4S/c1-16-7-11-21(12-8-16)33(31,32)28-13-3-4-17-9-10-20(15-22(17)28)27-24(30)23(29)26-19-6-2-5-18(25)14-19/h2,5-12,14-15H,3-4,13H2,1H3,(H,26,29)(H,27,30). The van der Waals surface area contributed by atoms with E-state index in [1.54, 1.807) is 42.5 Å². The SMILES string of the molecule is Cc1ccc(S(=O)(=O)N2CCCc3ccc(NC(=O)C(=O)Nc4cccc(F)c4)cc32)cc1. The molecule has 2 N–H and O–H groups in total. The highest BCUT2D eigenvalue weighted by molar-refractivity contribution is 7.92. The van der Waals surface area contributed by atoms with Crippen molar-refractivity contribution in [2.75, 3.05) is 21.5 Å². The van der Waals surface area contributed by atoms with Crippen LogP contribution in [0.4, 0.5) is 21.5 Å². The summed E-state index contributed by atoms with van der Waals surface area (Å²) >= 11 is 0. The number of nitrogens with zero attached hydrogens (tertiary/aromatic N) is 1. The molecule has 0 aliphatic carbocycles. The minimum absolute atomic E-state index is 0.149. The summed E-state index contributed by atoms with van der Waals surface area (Å²) in [6.07, 6.45) is 1.36. The zero-order valence-electron chi connectivity index (χ0n) is 17.8. The van der Waals surface area contributed by atoms with Crippen LogP contribution >= 0.6 is 0 Å². The summed E-state index contributed by atoms with van der Waals surface area (Å²) in [5.41, 5.74) is 2.67. The van der Waals surface area contributed by atoms with Gasteiger partial charge in [-0.15, -0.1) is 0 Å². The van der Waals surface area contributed by atoms with Gasteiger partial charge in [-0.3, -0.25) is 13.9 Å². The largest absolute Gasteiger partial charge is 0.318 e. The summed E-state index contributed by atoms with van der Waals surface area (Å²) < 4.78 is 41.2. The van der Waals surface area contributed by atoms with E-state index < -0.39 is 27.7 Å². The fourth-order valence-electron chi connectivity index (χ4n) is 3.65. The molecule has 0 aromatic heterocycles. The third-order valence-corrected chi connectivity index (χ3v) is 7.14. The van der Waals surface area contributed by atoms with E-state index in [1.807, 2.05) is 6.92 Å². The second-order valence-corrected chi connectivity index (χ2v) is 9.62. The number of amides is 2. The van der Waals surface area contributed by atoms with Gasteiger partial charge in [-0.05, 0) is 67.8 Å². The first kappa shape index (κ1) is 22.5. The van der Waals surface area contributed by atoms with Gasteiger partial charge in [0.25, 0.3) is 10.0 Å². The van der Waals surface area contributed by atoms with Crippen LogP contribution in [0.2, 0.25) is 0 Å². The van der Waals surface area contributed by atoms with Crippen molar-refractivity contribution in [2.45, 2.75) is 24.7 Å². The Morgan fingerprint density at radius 1 is 0.909 bits per heavy atom. The molecule has 0 unspecified atom stereocenters. The highest BCUT2D eigenvalue weighted by Gasteiger charge is 2.29. The first-order valence-electron chi connectivity index (χ1n) is 10.3. The van der Waals surface area contributed by atoms with Gasteiger partial charge < -0.3 is 10.6 Å². The van der Waals surface area contributed by atoms with Gasteiger partial charge in [0, 0.05) is 17.9 Å². The summed E-state index contributed by atoms with van der Waals surface area (Å²) in [4.78, 5) is 24.7. The lowest BCUT2D eigenvalue weighted by atomic mass is 10.0. The van der Waals surface area contributed by atoms with Crippen molar-refractivity contribution in [3.05, 3.63) is 83.7 Å². The Labute approximate surface area is 191 Å². The number of benzene rings is 3. The van der Waals surface area contributed by atoms with E-state index in [0.717, 1.165) is 17.2 Å². The maximum absolute atomic E-state index is 13.3. The van der Waals surface area contributed by atoms with Crippen molar-refractivity contribution in [1.82, 2.24) is 0 Å². The summed E-state index contributed by atoms with van der Waals surface area (Å²) in [6.45, 7) is 2.19. The van der Waals surface area contributed by atoms with Gasteiger partial charge in [0.15, 0.2) is 0 Å². The van der Waals surface area contributed by atoms with Crippen molar-refractivity contribution >= 4 is 38.9 Å². The number of halogens is 1. The van der Waals surface area contributed by atoms with Crippen LogP contribution in [-0.2, 0) is 26.0 Å². The maximum Gasteiger partial charge on any atom is 0.314 e. The lowest BCUT2D eigenvalue weighted by Crippen LogP contribution is -2.35. The summed E-state index contributed by atoms with van der Waals surface area (Å²) in [6, 6.07) is 16.7. The lowest BCUT2D eigenvalue weighted by molar-refractivity contribution is -0.132. The molecule has 0 radical (unpaired) electrons. The third-order valence-electron chi connectivity index (χ3n) is 5.32. The zero-order valence-corrected chi connectivity index (χ0v) is 18.7. The first-order valence-corrected chi connectivity index (χ1v) is 11.8. The van der Waals surface area contributed by atoms with E-state index in [0.29, 0.717) is 25.1 Å². The van der Waals surface area contributed by atoms with Gasteiger partial charge in [-0.2, -0.15) is 0 Å². The van der Waals surface area contributed by atoms with Crippen molar-refractivity contribution in [2.24, 2.45) is 0 Å². The molecule has 0 bridgehead atoms. The molecule has 170 valence electrons. The molecular formula is C24H22FN3O4S. The minimum atomic E-state index is -3.79. The van der Waals surface area contributed by atoms with Crippen molar-refractivity contribution < 1.29 is 22.4 Å². The van der Waals surface area contributed by atoms with Crippen LogP contribution in [0.25, 0.3) is 0 Å². The van der Waals surface area contributed by atoms with Crippen LogP contribution in [0.1, 0.15) is 17.5 Å². The molecule has 1 aliphatic heterocycles. The number of rotatable bonds is 4. The normalized spacial score (nSPS) is 13.2. The number of aryl methyl sites for hydroxylation is 2. The Kier molecular flexibility index (Phi) is 6.15. The molecule has 0 spiro atoms. The average Bonchev–Trinajstić information content (AvgIpc) is 2.79. The Morgan fingerprint density at radius 2 is 1.58 bits per heavy atom. The Morgan fingerprint density at radius 3 is 2.24 bits per heavy atom. The third kappa shape index (κ3) is 4.88. The number of sulfonamides is 1. The monoisotopic (exact) mass is 467 g/mol. The van der Waals surface area contributed by atoms with Gasteiger partial charge in [0.1, 0.15) is 5.82 Å². The van der Waals surface area contributed by atoms with Gasteiger partial charge in [0.2, 0.25) is 0 Å². The summed E-state index contributed by atoms with van der Waals surface area (Å²) in [7, 11) is -3.79. The molecule has 2 amide bonds. The molecule has 3 aromatic carbocycles. The van der Waals surface area contributed by atoms with Gasteiger partial charge in [0.05, 0.1) is 10.6 Å². The molecule has 4 rings (SSSR count). The lowest BCUT2D eigenvalue weighted by Gasteiger charge is -2.31. The highest BCUT2D eigenvalue weighted by Crippen LogP contribution is 2.34. The number of hydrogen-bond donors (Lipinski definition) is 2. The van der Waals surface area contributed by atoms with E-state index in [4.69, 9.17) is 0 Å². The molecule has 0 atom stereocenters. The van der Waals surface area contributed by atoms with Crippen molar-refractivity contribution in [3.8, 4) is 0 Å². The molecule has 3 aromatic rings. The maximum atomic E-state index is 13.3. The molecule has 9 heteroatoms. The second kappa shape index (κ2) is 9.03. The van der Waals surface area contributed by atoms with Crippen LogP contribution in [0.15, 0.2) is 71.6 Å². The van der Waals surface area contributed by atoms with Crippen LogP contribution < -0.4 is 14.9 Å². The first-order chi connectivity index (χ1) is 15.7. The van der Waals surface area contributed by atoms with Crippen molar-refractivity contribution in [1.29, 1.82) is 0 Å². The Bertz CT molecular complexity index is 1320. The molecule has 1 heterocycles. The van der Waals surface area contributed by atoms with E-state index in [1.165, 1.54) is 22.5 Å². The smallest absolute Gasteiger partial charge is 0.314 e. The van der Waals surface area contributed by atoms with Crippen LogP contribution in [0.5, 0.6) is 0 Å². The molecule has 1 aliphatic rings. The Hall–Kier alpha value is -3.72. The number of hydrogen-bond acceptors (Lipinski definition) is 4. The van der Waals surface area contributed by atoms with Crippen LogP contribution in [0.3, 0.4) is 0 Å². The van der Waals surface area contributed by atoms with Gasteiger partial charge >= 0.3 is 11.8 Å². The molecule has 33 heavy (non-hydrogen) atoms. The fourth-order valence-corrected chi connectivity index (χ4v) is 5.18. The Balaban J connectivity index is 1.56. The fraction of sp³-hybridized carbons (Fsp3) is 0.167. The van der Waals surface area contributed by atoms with E-state index in [-0.39, 0.29) is 16.3 Å². The topological polar surface area (TPSA) is 95.6 Å². The number of nitrogens with one attached hydrogen (secondary N) is 2. The van der Waals surface area contributed by atoms with Crippen molar-refractivity contribution in [3.63, 3.8) is 0 Å². The second-order valence-electron chi connectivity index (χ2n) is 7.76. The van der Waals surface area contributed by atoms with E-state index >= 15 is 0 Å². The number of fused-ring (bicyclic) bond motifs is 1. The quantitative estimate of drug-likeness (QED) is 0.570. The van der Waals surface area contributed by atoms with Gasteiger partial charge in [-0.25, -0.2) is 12.8 Å². The molecule has 0 saturated heterocycles. The summed E-state index contributed by atoms with van der Waals surface area (Å²) in [5.74, 6) is -2.47. The predicted octanol–water partition coefficient (Wildman–Crippen LogP) is 3.85. The molecule has 7 nitrogen and oxygen atoms in total. The minimum Gasteiger partial charge on any atom is -0.318 e. The average molecular weight is 468 g/mol. The number of anilines is 3. The zero-order chi connectivity index (χ0) is 23.6. The molecule has 0 saturated carbocycles. The van der Waals surface area contributed by atoms with Crippen LogP contribution in [-0.4, -0.2) is 26.8 Å². The predicted molar refractivity (Wildman–Crippen MR) is 124 cm³/mol.